The highest BCUT2D eigenvalue weighted by Gasteiger charge is 2.23. The Hall–Kier alpha value is -0.910. The molecule has 0 amide bonds. The van der Waals surface area contributed by atoms with Gasteiger partial charge in [-0.05, 0) is 24.4 Å². The van der Waals surface area contributed by atoms with Gasteiger partial charge in [0.25, 0.3) is 10.1 Å². The first kappa shape index (κ1) is 13.5. The van der Waals surface area contributed by atoms with Crippen LogP contribution in [0.5, 0.6) is 0 Å². The molecule has 0 aliphatic carbocycles. The summed E-state index contributed by atoms with van der Waals surface area (Å²) in [6.45, 7) is 3.15. The summed E-state index contributed by atoms with van der Waals surface area (Å²) >= 11 is 0. The maximum Gasteiger partial charge on any atom is 0.264 e. The largest absolute Gasteiger partial charge is 0.299 e. The van der Waals surface area contributed by atoms with Crippen LogP contribution in [0.2, 0.25) is 0 Å². The van der Waals surface area contributed by atoms with Crippen LogP contribution in [0.4, 0.5) is 0 Å². The first-order valence-electron chi connectivity index (χ1n) is 6.13. The van der Waals surface area contributed by atoms with Crippen LogP contribution in [0.25, 0.3) is 0 Å². The summed E-state index contributed by atoms with van der Waals surface area (Å²) < 4.78 is 26.7. The molecule has 1 aromatic rings. The lowest BCUT2D eigenvalue weighted by Crippen LogP contribution is -2.22. The molecule has 1 unspecified atom stereocenters. The van der Waals surface area contributed by atoms with Gasteiger partial charge in [-0.2, -0.15) is 8.42 Å². The van der Waals surface area contributed by atoms with Gasteiger partial charge >= 0.3 is 0 Å². The molecule has 0 aromatic heterocycles. The summed E-state index contributed by atoms with van der Waals surface area (Å²) in [5, 5.41) is 0. The molecule has 1 saturated heterocycles. The fourth-order valence-corrected chi connectivity index (χ4v) is 2.69. The van der Waals surface area contributed by atoms with Gasteiger partial charge in [0, 0.05) is 13.1 Å². The van der Waals surface area contributed by atoms with Crippen LogP contribution in [-0.4, -0.2) is 39.3 Å². The Morgan fingerprint density at radius 3 is 2.72 bits per heavy atom. The Kier molecular flexibility index (Phi) is 4.37. The van der Waals surface area contributed by atoms with Gasteiger partial charge in [0.1, 0.15) is 0 Å². The zero-order valence-electron chi connectivity index (χ0n) is 10.6. The van der Waals surface area contributed by atoms with Crippen molar-refractivity contribution >= 4 is 10.1 Å². The van der Waals surface area contributed by atoms with Gasteiger partial charge < -0.3 is 0 Å². The van der Waals surface area contributed by atoms with E-state index in [1.54, 1.807) is 0 Å². The van der Waals surface area contributed by atoms with Crippen LogP contribution >= 0.6 is 0 Å². The lowest BCUT2D eigenvalue weighted by atomic mass is 10.1. The molecule has 1 aliphatic rings. The van der Waals surface area contributed by atoms with Crippen LogP contribution in [0.3, 0.4) is 0 Å². The fraction of sp³-hybridized carbons (Fsp3) is 0.538. The van der Waals surface area contributed by atoms with Crippen molar-refractivity contribution in [3.63, 3.8) is 0 Å². The van der Waals surface area contributed by atoms with Crippen molar-refractivity contribution in [3.8, 4) is 0 Å². The molecule has 18 heavy (non-hydrogen) atoms. The number of likely N-dealkylation sites (tertiary alicyclic amines) is 1. The number of rotatable bonds is 5. The van der Waals surface area contributed by atoms with Crippen LogP contribution in [0.15, 0.2) is 30.3 Å². The standard InChI is InChI=1S/C13H19NO3S/c1-18(15,16)17-11-13-7-8-14(10-13)9-12-5-3-2-4-6-12/h2-6,13H,7-11H2,1H3. The molecule has 100 valence electrons. The first-order chi connectivity index (χ1) is 8.53. The Bertz CT molecular complexity index is 472. The van der Waals surface area contributed by atoms with E-state index < -0.39 is 10.1 Å². The lowest BCUT2D eigenvalue weighted by Gasteiger charge is -2.15. The second-order valence-electron chi connectivity index (χ2n) is 4.86. The molecule has 1 aliphatic heterocycles. The molecule has 0 saturated carbocycles. The van der Waals surface area contributed by atoms with E-state index in [1.807, 2.05) is 18.2 Å². The normalized spacial score (nSPS) is 21.3. The van der Waals surface area contributed by atoms with E-state index in [1.165, 1.54) is 5.56 Å². The quantitative estimate of drug-likeness (QED) is 0.760. The summed E-state index contributed by atoms with van der Waals surface area (Å²) in [4.78, 5) is 2.34. The third kappa shape index (κ3) is 4.40. The molecule has 1 heterocycles. The highest BCUT2D eigenvalue weighted by atomic mass is 32.2. The molecule has 5 heteroatoms. The van der Waals surface area contributed by atoms with Crippen molar-refractivity contribution in [2.45, 2.75) is 13.0 Å². The van der Waals surface area contributed by atoms with E-state index in [-0.39, 0.29) is 0 Å². The molecule has 4 nitrogen and oxygen atoms in total. The lowest BCUT2D eigenvalue weighted by molar-refractivity contribution is 0.244. The Balaban J connectivity index is 1.78. The van der Waals surface area contributed by atoms with Gasteiger partial charge in [-0.15, -0.1) is 0 Å². The number of benzene rings is 1. The van der Waals surface area contributed by atoms with Gasteiger partial charge in [0.05, 0.1) is 12.9 Å². The molecule has 0 bridgehead atoms. The average Bonchev–Trinajstić information content (AvgIpc) is 2.75. The van der Waals surface area contributed by atoms with E-state index in [4.69, 9.17) is 4.18 Å². The minimum Gasteiger partial charge on any atom is -0.299 e. The summed E-state index contributed by atoms with van der Waals surface area (Å²) in [5.74, 6) is 0.323. The summed E-state index contributed by atoms with van der Waals surface area (Å²) in [6.07, 6.45) is 2.10. The molecule has 0 spiro atoms. The highest BCUT2D eigenvalue weighted by Crippen LogP contribution is 2.19. The van der Waals surface area contributed by atoms with Crippen LogP contribution in [0, 0.1) is 5.92 Å². The van der Waals surface area contributed by atoms with Gasteiger partial charge in [-0.3, -0.25) is 9.08 Å². The molecule has 1 fully saturated rings. The highest BCUT2D eigenvalue weighted by molar-refractivity contribution is 7.85. The average molecular weight is 269 g/mol. The van der Waals surface area contributed by atoms with Gasteiger partial charge in [0.15, 0.2) is 0 Å². The Labute approximate surface area is 109 Å². The predicted octanol–water partition coefficient (Wildman–Crippen LogP) is 1.48. The van der Waals surface area contributed by atoms with Crippen molar-refractivity contribution in [2.24, 2.45) is 5.92 Å². The zero-order valence-corrected chi connectivity index (χ0v) is 11.4. The van der Waals surface area contributed by atoms with E-state index >= 15 is 0 Å². The van der Waals surface area contributed by atoms with Crippen molar-refractivity contribution in [1.29, 1.82) is 0 Å². The summed E-state index contributed by atoms with van der Waals surface area (Å²) in [7, 11) is -3.31. The Morgan fingerprint density at radius 2 is 2.06 bits per heavy atom. The molecule has 0 radical (unpaired) electrons. The number of hydrogen-bond donors (Lipinski definition) is 0. The van der Waals surface area contributed by atoms with Gasteiger partial charge in [-0.25, -0.2) is 0 Å². The third-order valence-corrected chi connectivity index (χ3v) is 3.70. The van der Waals surface area contributed by atoms with Crippen LogP contribution in [-0.2, 0) is 20.8 Å². The second-order valence-corrected chi connectivity index (χ2v) is 6.51. The van der Waals surface area contributed by atoms with Crippen LogP contribution < -0.4 is 0 Å². The molecule has 0 N–H and O–H groups in total. The van der Waals surface area contributed by atoms with Crippen molar-refractivity contribution in [3.05, 3.63) is 35.9 Å². The first-order valence-corrected chi connectivity index (χ1v) is 7.95. The minimum atomic E-state index is -3.31. The molecule has 1 atom stereocenters. The smallest absolute Gasteiger partial charge is 0.264 e. The van der Waals surface area contributed by atoms with Crippen LogP contribution in [0.1, 0.15) is 12.0 Å². The molecule has 1 aromatic carbocycles. The summed E-state index contributed by atoms with van der Waals surface area (Å²) in [6, 6.07) is 10.3. The number of hydrogen-bond acceptors (Lipinski definition) is 4. The Morgan fingerprint density at radius 1 is 1.33 bits per heavy atom. The predicted molar refractivity (Wildman–Crippen MR) is 70.6 cm³/mol. The van der Waals surface area contributed by atoms with Crippen molar-refractivity contribution in [1.82, 2.24) is 4.90 Å². The van der Waals surface area contributed by atoms with E-state index in [0.29, 0.717) is 12.5 Å². The second kappa shape index (κ2) is 5.82. The van der Waals surface area contributed by atoms with Crippen molar-refractivity contribution in [2.75, 3.05) is 26.0 Å². The molecular formula is C13H19NO3S. The van der Waals surface area contributed by atoms with E-state index in [0.717, 1.165) is 32.3 Å². The topological polar surface area (TPSA) is 46.6 Å². The maximum absolute atomic E-state index is 10.9. The fourth-order valence-electron chi connectivity index (χ4n) is 2.25. The molecular weight excluding hydrogens is 250 g/mol. The zero-order chi connectivity index (χ0) is 13.0. The molecule has 2 rings (SSSR count). The SMILES string of the molecule is CS(=O)(=O)OCC1CCN(Cc2ccccc2)C1. The number of nitrogens with zero attached hydrogens (tertiary/aromatic N) is 1. The maximum atomic E-state index is 10.9. The summed E-state index contributed by atoms with van der Waals surface area (Å²) in [5.41, 5.74) is 1.29. The minimum absolute atomic E-state index is 0.310. The third-order valence-electron chi connectivity index (χ3n) is 3.14. The van der Waals surface area contributed by atoms with E-state index in [9.17, 15) is 8.42 Å². The van der Waals surface area contributed by atoms with Crippen molar-refractivity contribution < 1.29 is 12.6 Å². The van der Waals surface area contributed by atoms with Gasteiger partial charge in [0.2, 0.25) is 0 Å². The van der Waals surface area contributed by atoms with Gasteiger partial charge in [-0.1, -0.05) is 30.3 Å². The van der Waals surface area contributed by atoms with E-state index in [2.05, 4.69) is 17.0 Å². The monoisotopic (exact) mass is 269 g/mol.